The third kappa shape index (κ3) is 9.53. The van der Waals surface area contributed by atoms with Crippen molar-refractivity contribution in [1.29, 1.82) is 0 Å². The highest BCUT2D eigenvalue weighted by Gasteiger charge is 2.54. The van der Waals surface area contributed by atoms with Gasteiger partial charge in [0.2, 0.25) is 0 Å². The van der Waals surface area contributed by atoms with Crippen molar-refractivity contribution in [2.24, 2.45) is 46.2 Å². The van der Waals surface area contributed by atoms with Gasteiger partial charge in [-0.15, -0.1) is 0 Å². The van der Waals surface area contributed by atoms with Crippen LogP contribution in [0.4, 0.5) is 0 Å². The third-order valence-corrected chi connectivity index (χ3v) is 10.7. The number of nitrogens with two attached hydrogens (primary N) is 6. The maximum absolute atomic E-state index is 12.7. The van der Waals surface area contributed by atoms with Gasteiger partial charge in [-0.3, -0.25) is 4.79 Å². The summed E-state index contributed by atoms with van der Waals surface area (Å²) in [5, 5.41) is 67.3. The molecule has 2 saturated carbocycles. The first-order valence-electron chi connectivity index (χ1n) is 18.0. The summed E-state index contributed by atoms with van der Waals surface area (Å²) in [4.78, 5) is 12.7. The molecule has 0 radical (unpaired) electrons. The Bertz CT molecular complexity index is 1170. The van der Waals surface area contributed by atoms with Gasteiger partial charge in [-0.2, -0.15) is 0 Å². The van der Waals surface area contributed by atoms with E-state index >= 15 is 0 Å². The fourth-order valence-corrected chi connectivity index (χ4v) is 7.54. The number of aliphatic hydroxyl groups excluding tert-OH is 6. The van der Waals surface area contributed by atoms with Crippen LogP contribution in [0.15, 0.2) is 12.2 Å². The molecule has 0 bridgehead atoms. The quantitative estimate of drug-likeness (QED) is 0.0652. The number of hydrogen-bond donors (Lipinski definition) is 13. The fourth-order valence-electron chi connectivity index (χ4n) is 7.54. The molecule has 20 nitrogen and oxygen atoms in total. The number of rotatable bonds is 16. The number of aliphatic hydroxyl groups is 6. The van der Waals surface area contributed by atoms with Crippen molar-refractivity contribution in [2.45, 2.75) is 136 Å². The summed E-state index contributed by atoms with van der Waals surface area (Å²) in [7, 11) is 0. The normalized spacial score (nSPS) is 47.3. The van der Waals surface area contributed by atoms with Gasteiger partial charge < -0.3 is 98.8 Å². The van der Waals surface area contributed by atoms with Crippen molar-refractivity contribution in [1.82, 2.24) is 5.32 Å². The molecule has 0 unspecified atom stereocenters. The second-order valence-electron chi connectivity index (χ2n) is 14.7. The van der Waals surface area contributed by atoms with Gasteiger partial charge in [0, 0.05) is 38.1 Å². The van der Waals surface area contributed by atoms with E-state index < -0.39 is 122 Å². The van der Waals surface area contributed by atoms with Gasteiger partial charge in [0.05, 0.1) is 30.9 Å². The molecular weight excluding hydrogens is 690 g/mol. The van der Waals surface area contributed by atoms with Crippen LogP contribution in [-0.2, 0) is 33.2 Å². The number of carbonyl (C=O) groups excluding carboxylic acids is 1. The van der Waals surface area contributed by atoms with Gasteiger partial charge in [0.1, 0.15) is 54.9 Å². The number of carbonyl (C=O) groups is 1. The highest BCUT2D eigenvalue weighted by Crippen LogP contribution is 2.37. The van der Waals surface area contributed by atoms with Gasteiger partial charge in [-0.25, -0.2) is 0 Å². The Morgan fingerprint density at radius 1 is 0.788 bits per heavy atom. The molecule has 19 N–H and O–H groups in total. The van der Waals surface area contributed by atoms with Crippen molar-refractivity contribution in [3.8, 4) is 0 Å². The van der Waals surface area contributed by atoms with E-state index in [1.807, 2.05) is 6.08 Å². The summed E-state index contributed by atoms with van der Waals surface area (Å²) < 4.78 is 36.1. The van der Waals surface area contributed by atoms with E-state index in [0.717, 1.165) is 19.4 Å². The lowest BCUT2D eigenvalue weighted by Crippen LogP contribution is -2.64. The molecule has 0 aromatic rings. The van der Waals surface area contributed by atoms with Crippen molar-refractivity contribution in [2.75, 3.05) is 32.8 Å². The molecule has 20 heteroatoms. The lowest BCUT2D eigenvalue weighted by molar-refractivity contribution is -0.286. The zero-order valence-corrected chi connectivity index (χ0v) is 29.1. The summed E-state index contributed by atoms with van der Waals surface area (Å²) in [6.45, 7) is 0.121. The number of nitrogens with one attached hydrogen (secondary N) is 1. The Morgan fingerprint density at radius 3 is 2.12 bits per heavy atom. The first kappa shape index (κ1) is 41.8. The molecule has 0 aromatic carbocycles. The molecule has 3 heterocycles. The summed E-state index contributed by atoms with van der Waals surface area (Å²) in [5.41, 5.74) is 36.1. The average molecular weight is 750 g/mol. The Kier molecular flexibility index (Phi) is 14.9. The van der Waals surface area contributed by atoms with E-state index in [1.165, 1.54) is 0 Å². The molecule has 300 valence electrons. The van der Waals surface area contributed by atoms with Gasteiger partial charge in [0.15, 0.2) is 24.7 Å². The van der Waals surface area contributed by atoms with E-state index in [0.29, 0.717) is 12.5 Å². The van der Waals surface area contributed by atoms with E-state index in [-0.39, 0.29) is 32.0 Å². The molecule has 5 rings (SSSR count). The molecule has 0 spiro atoms. The van der Waals surface area contributed by atoms with Gasteiger partial charge >= 0.3 is 0 Å². The number of ether oxygens (including phenoxy) is 6. The third-order valence-electron chi connectivity index (χ3n) is 10.7. The minimum absolute atomic E-state index is 0.0769. The van der Waals surface area contributed by atoms with E-state index in [4.69, 9.17) is 62.8 Å². The lowest BCUT2D eigenvalue weighted by atomic mass is 9.76. The van der Waals surface area contributed by atoms with Gasteiger partial charge in [-0.1, -0.05) is 12.2 Å². The molecule has 0 amide bonds. The van der Waals surface area contributed by atoms with Crippen LogP contribution in [0.2, 0.25) is 0 Å². The van der Waals surface area contributed by atoms with Crippen LogP contribution in [0.5, 0.6) is 0 Å². The predicted octanol–water partition coefficient (Wildman–Crippen LogP) is -7.13. The van der Waals surface area contributed by atoms with Crippen molar-refractivity contribution < 1.29 is 63.9 Å². The molecule has 2 saturated heterocycles. The Balaban J connectivity index is 1.30. The SMILES string of the molecule is NC[C@@H]1O[C@H](O[C@H]2[C@@H](O)[C@H](O[C@@H]3[C@@H](O)[C@H](CC(=O)[C@@H](O)CN)C[C@H](N)[C@H]3O[C@H]3O[C@H](CNCC4CC(N)C4)C=C[C@H]3N)O[C@@H]2CO)[C@H](N)[C@@H](O)[C@@H]1O. The molecule has 2 aliphatic carbocycles. The summed E-state index contributed by atoms with van der Waals surface area (Å²) in [6.07, 6.45) is -12.5. The first-order valence-corrected chi connectivity index (χ1v) is 18.0. The molecule has 5 aliphatic rings. The summed E-state index contributed by atoms with van der Waals surface area (Å²) in [5.74, 6) is -0.920. The number of ketones is 1. The summed E-state index contributed by atoms with van der Waals surface area (Å²) >= 11 is 0. The van der Waals surface area contributed by atoms with E-state index in [1.54, 1.807) is 6.08 Å². The molecule has 0 aromatic heterocycles. The monoisotopic (exact) mass is 749 g/mol. The largest absolute Gasteiger partial charge is 0.394 e. The predicted molar refractivity (Wildman–Crippen MR) is 180 cm³/mol. The highest BCUT2D eigenvalue weighted by atomic mass is 16.8. The standard InChI is InChI=1S/C32H59N7O13/c33-7-19(42)18(41)6-13-5-17(37)27(50-30-16(36)2-1-15(47-30)10-39-9-12-3-14(35)4-12)29(23(13)43)52-32-26(46)28(21(11-40)49-32)51-31-22(38)25(45)24(44)20(8-34)48-31/h1-2,12-17,19-32,39-40,42-46H,3-11,33-38H2/t12?,13-,14?,15-,16+,17-,19-,20-,21+,22+,23-,24+,25+,26+,27+,28+,29+,30+,31+,32-/m0/s1. The van der Waals surface area contributed by atoms with Crippen LogP contribution >= 0.6 is 0 Å². The average Bonchev–Trinajstić information content (AvgIpc) is 3.41. The van der Waals surface area contributed by atoms with Crippen molar-refractivity contribution in [3.63, 3.8) is 0 Å². The zero-order chi connectivity index (χ0) is 37.9. The molecular formula is C32H59N7O13. The Morgan fingerprint density at radius 2 is 1.46 bits per heavy atom. The van der Waals surface area contributed by atoms with Crippen LogP contribution in [0.1, 0.15) is 25.7 Å². The lowest BCUT2D eigenvalue weighted by Gasteiger charge is -2.46. The topological polar surface area (TPSA) is 362 Å². The smallest absolute Gasteiger partial charge is 0.187 e. The van der Waals surface area contributed by atoms with Crippen LogP contribution in [-0.4, -0.2) is 179 Å². The van der Waals surface area contributed by atoms with Crippen LogP contribution in [0.3, 0.4) is 0 Å². The minimum Gasteiger partial charge on any atom is -0.394 e. The number of Topliss-reactive ketones (excluding diaryl/α,β-unsaturated/α-hetero) is 1. The van der Waals surface area contributed by atoms with Crippen molar-refractivity contribution >= 4 is 5.78 Å². The first-order chi connectivity index (χ1) is 24.8. The van der Waals surface area contributed by atoms with Crippen LogP contribution < -0.4 is 39.7 Å². The van der Waals surface area contributed by atoms with Gasteiger partial charge in [-0.05, 0) is 37.6 Å². The summed E-state index contributed by atoms with van der Waals surface area (Å²) in [6, 6.07) is -2.60. The maximum atomic E-state index is 12.7. The van der Waals surface area contributed by atoms with Crippen LogP contribution in [0.25, 0.3) is 0 Å². The van der Waals surface area contributed by atoms with Gasteiger partial charge in [0.25, 0.3) is 0 Å². The minimum atomic E-state index is -1.63. The Hall–Kier alpha value is -1.35. The fraction of sp³-hybridized carbons (Fsp3) is 0.906. The molecule has 18 atom stereocenters. The van der Waals surface area contributed by atoms with Crippen LogP contribution in [0, 0.1) is 11.8 Å². The van der Waals surface area contributed by atoms with E-state index in [2.05, 4.69) is 5.32 Å². The zero-order valence-electron chi connectivity index (χ0n) is 29.1. The highest BCUT2D eigenvalue weighted by molar-refractivity contribution is 5.83. The maximum Gasteiger partial charge on any atom is 0.187 e. The molecule has 52 heavy (non-hydrogen) atoms. The number of hydrogen-bond acceptors (Lipinski definition) is 20. The Labute approximate surface area is 302 Å². The molecule has 3 aliphatic heterocycles. The van der Waals surface area contributed by atoms with Crippen molar-refractivity contribution in [3.05, 3.63) is 12.2 Å². The van der Waals surface area contributed by atoms with E-state index in [9.17, 15) is 35.4 Å². The molecule has 4 fully saturated rings. The second kappa shape index (κ2) is 18.5. The second-order valence-corrected chi connectivity index (χ2v) is 14.7.